The van der Waals surface area contributed by atoms with Crippen molar-refractivity contribution in [2.45, 2.75) is 44.6 Å². The standard InChI is InChI=1S/C24H23N7O/c25-13-15-4-9-19(10-5-15)30-14-18-12-17(8-11-20(18)28-30)21-2-1-3-22-26-24(29-31(21)22)27-23(32)16-6-7-16/h1-3,8,11-12,14-16,19H,4-7,9-10H2,(H,27,29,32). The fourth-order valence-electron chi connectivity index (χ4n) is 4.60. The minimum Gasteiger partial charge on any atom is -0.293 e. The molecule has 8 heteroatoms. The highest BCUT2D eigenvalue weighted by Crippen LogP contribution is 2.33. The second-order valence-electron chi connectivity index (χ2n) is 8.90. The topological polar surface area (TPSA) is 101 Å². The van der Waals surface area contributed by atoms with E-state index in [9.17, 15) is 4.79 Å². The Morgan fingerprint density at radius 1 is 1.06 bits per heavy atom. The van der Waals surface area contributed by atoms with Crippen LogP contribution in [0.2, 0.25) is 0 Å². The largest absolute Gasteiger partial charge is 0.293 e. The maximum atomic E-state index is 12.1. The Kier molecular flexibility index (Phi) is 4.42. The number of carbonyl (C=O) groups is 1. The van der Waals surface area contributed by atoms with E-state index in [1.165, 1.54) is 0 Å². The maximum absolute atomic E-state index is 12.1. The molecule has 0 radical (unpaired) electrons. The van der Waals surface area contributed by atoms with Crippen LogP contribution in [0.25, 0.3) is 27.8 Å². The number of carbonyl (C=O) groups excluding carboxylic acids is 1. The molecule has 2 aliphatic rings. The van der Waals surface area contributed by atoms with Crippen molar-refractivity contribution in [3.8, 4) is 17.3 Å². The number of rotatable bonds is 4. The van der Waals surface area contributed by atoms with Crippen molar-refractivity contribution in [3.05, 3.63) is 42.6 Å². The zero-order valence-electron chi connectivity index (χ0n) is 17.6. The van der Waals surface area contributed by atoms with E-state index < -0.39 is 0 Å². The summed E-state index contributed by atoms with van der Waals surface area (Å²) in [7, 11) is 0. The summed E-state index contributed by atoms with van der Waals surface area (Å²) < 4.78 is 3.85. The quantitative estimate of drug-likeness (QED) is 0.524. The number of benzene rings is 1. The minimum absolute atomic E-state index is 0.0000863. The third kappa shape index (κ3) is 3.40. The molecule has 3 heterocycles. The third-order valence-corrected chi connectivity index (χ3v) is 6.61. The highest BCUT2D eigenvalue weighted by molar-refractivity contribution is 5.92. The third-order valence-electron chi connectivity index (χ3n) is 6.61. The smallest absolute Gasteiger partial charge is 0.249 e. The van der Waals surface area contributed by atoms with Crippen LogP contribution >= 0.6 is 0 Å². The van der Waals surface area contributed by atoms with E-state index in [0.717, 1.165) is 60.7 Å². The molecule has 1 aromatic carbocycles. The maximum Gasteiger partial charge on any atom is 0.249 e. The van der Waals surface area contributed by atoms with Crippen LogP contribution in [0.3, 0.4) is 0 Å². The van der Waals surface area contributed by atoms with Crippen molar-refractivity contribution in [1.29, 1.82) is 5.26 Å². The highest BCUT2D eigenvalue weighted by Gasteiger charge is 2.30. The molecule has 2 aliphatic carbocycles. The lowest BCUT2D eigenvalue weighted by molar-refractivity contribution is -0.117. The molecule has 0 aliphatic heterocycles. The molecule has 2 fully saturated rings. The zero-order chi connectivity index (χ0) is 21.7. The number of anilines is 1. The normalized spacial score (nSPS) is 21.0. The van der Waals surface area contributed by atoms with Crippen LogP contribution in [0, 0.1) is 23.2 Å². The Morgan fingerprint density at radius 3 is 2.69 bits per heavy atom. The Hall–Kier alpha value is -3.73. The van der Waals surface area contributed by atoms with Gasteiger partial charge in [-0.05, 0) is 62.8 Å². The lowest BCUT2D eigenvalue weighted by Crippen LogP contribution is -2.17. The van der Waals surface area contributed by atoms with Gasteiger partial charge in [0.15, 0.2) is 5.65 Å². The number of pyridine rings is 1. The Morgan fingerprint density at radius 2 is 1.91 bits per heavy atom. The average molecular weight is 425 g/mol. The van der Waals surface area contributed by atoms with Crippen LogP contribution in [0.1, 0.15) is 44.6 Å². The zero-order valence-corrected chi connectivity index (χ0v) is 17.6. The van der Waals surface area contributed by atoms with Crippen LogP contribution in [-0.4, -0.2) is 30.3 Å². The summed E-state index contributed by atoms with van der Waals surface area (Å²) in [5.41, 5.74) is 3.57. The molecule has 6 rings (SSSR count). The number of nitrogens with zero attached hydrogens (tertiary/aromatic N) is 6. The van der Waals surface area contributed by atoms with Gasteiger partial charge in [0, 0.05) is 29.0 Å². The van der Waals surface area contributed by atoms with E-state index in [2.05, 4.69) is 38.4 Å². The van der Waals surface area contributed by atoms with Gasteiger partial charge in [-0.25, -0.2) is 4.52 Å². The first-order valence-electron chi connectivity index (χ1n) is 11.2. The summed E-state index contributed by atoms with van der Waals surface area (Å²) in [5.74, 6) is 0.635. The number of hydrogen-bond acceptors (Lipinski definition) is 5. The number of amides is 1. The van der Waals surface area contributed by atoms with Crippen molar-refractivity contribution in [2.75, 3.05) is 5.32 Å². The van der Waals surface area contributed by atoms with Gasteiger partial charge in [-0.3, -0.25) is 14.8 Å². The van der Waals surface area contributed by atoms with Gasteiger partial charge in [0.2, 0.25) is 11.9 Å². The number of nitrogens with one attached hydrogen (secondary N) is 1. The van der Waals surface area contributed by atoms with Gasteiger partial charge in [-0.1, -0.05) is 12.1 Å². The first-order valence-corrected chi connectivity index (χ1v) is 11.2. The van der Waals surface area contributed by atoms with Crippen LogP contribution in [0.4, 0.5) is 5.95 Å². The first-order chi connectivity index (χ1) is 15.7. The van der Waals surface area contributed by atoms with E-state index in [4.69, 9.17) is 10.4 Å². The van der Waals surface area contributed by atoms with E-state index in [0.29, 0.717) is 17.6 Å². The van der Waals surface area contributed by atoms with Crippen LogP contribution < -0.4 is 5.32 Å². The Balaban J connectivity index is 1.31. The molecule has 1 N–H and O–H groups in total. The first kappa shape index (κ1) is 19.0. The van der Waals surface area contributed by atoms with Gasteiger partial charge in [0.1, 0.15) is 0 Å². The molecule has 4 aromatic rings. The van der Waals surface area contributed by atoms with Crippen molar-refractivity contribution in [1.82, 2.24) is 24.4 Å². The van der Waals surface area contributed by atoms with Gasteiger partial charge in [0.05, 0.1) is 23.3 Å². The van der Waals surface area contributed by atoms with Crippen LogP contribution in [0.5, 0.6) is 0 Å². The molecule has 2 saturated carbocycles. The Labute approximate surface area is 184 Å². The van der Waals surface area contributed by atoms with Crippen LogP contribution in [-0.2, 0) is 4.79 Å². The molecule has 32 heavy (non-hydrogen) atoms. The molecular weight excluding hydrogens is 402 g/mol. The fraction of sp³-hybridized carbons (Fsp3) is 0.375. The molecule has 0 unspecified atom stereocenters. The van der Waals surface area contributed by atoms with Gasteiger partial charge < -0.3 is 0 Å². The Bertz CT molecular complexity index is 1370. The van der Waals surface area contributed by atoms with Crippen molar-refractivity contribution >= 4 is 28.4 Å². The molecule has 3 aromatic heterocycles. The highest BCUT2D eigenvalue weighted by atomic mass is 16.2. The summed E-state index contributed by atoms with van der Waals surface area (Å²) in [6, 6.07) is 14.8. The summed E-state index contributed by atoms with van der Waals surface area (Å²) in [4.78, 5) is 16.6. The number of aromatic nitrogens is 5. The molecule has 0 saturated heterocycles. The molecule has 0 atom stereocenters. The van der Waals surface area contributed by atoms with E-state index in [1.54, 1.807) is 4.52 Å². The average Bonchev–Trinajstić information content (AvgIpc) is 3.46. The van der Waals surface area contributed by atoms with E-state index in [-0.39, 0.29) is 17.7 Å². The summed E-state index contributed by atoms with van der Waals surface area (Å²) >= 11 is 0. The summed E-state index contributed by atoms with van der Waals surface area (Å²) in [5, 5.41) is 22.4. The molecule has 0 spiro atoms. The monoisotopic (exact) mass is 425 g/mol. The SMILES string of the molecule is N#CC1CCC(n2cc3cc(-c4cccc5nc(NC(=O)C6CC6)nn45)ccc3n2)CC1. The summed E-state index contributed by atoms with van der Waals surface area (Å²) in [6.45, 7) is 0. The van der Waals surface area contributed by atoms with Crippen molar-refractivity contribution in [3.63, 3.8) is 0 Å². The predicted octanol–water partition coefficient (Wildman–Crippen LogP) is 4.35. The van der Waals surface area contributed by atoms with E-state index in [1.807, 2.05) is 30.3 Å². The molecule has 1 amide bonds. The molecule has 8 nitrogen and oxygen atoms in total. The summed E-state index contributed by atoms with van der Waals surface area (Å²) in [6.07, 6.45) is 7.86. The molecular formula is C24H23N7O. The lowest BCUT2D eigenvalue weighted by Gasteiger charge is -2.24. The van der Waals surface area contributed by atoms with Gasteiger partial charge in [0.25, 0.3) is 0 Å². The predicted molar refractivity (Wildman–Crippen MR) is 120 cm³/mol. The molecule has 0 bridgehead atoms. The minimum atomic E-state index is 0.0000863. The molecule has 160 valence electrons. The van der Waals surface area contributed by atoms with Crippen LogP contribution in [0.15, 0.2) is 42.6 Å². The number of nitriles is 1. The lowest BCUT2D eigenvalue weighted by atomic mass is 9.87. The fourth-order valence-corrected chi connectivity index (χ4v) is 4.60. The number of fused-ring (bicyclic) bond motifs is 2. The van der Waals surface area contributed by atoms with Crippen molar-refractivity contribution in [2.24, 2.45) is 11.8 Å². The van der Waals surface area contributed by atoms with Gasteiger partial charge >= 0.3 is 0 Å². The van der Waals surface area contributed by atoms with Crippen molar-refractivity contribution < 1.29 is 4.79 Å². The number of hydrogen-bond donors (Lipinski definition) is 1. The van der Waals surface area contributed by atoms with Gasteiger partial charge in [-0.15, -0.1) is 5.10 Å². The second-order valence-corrected chi connectivity index (χ2v) is 8.90. The second kappa shape index (κ2) is 7.45. The van der Waals surface area contributed by atoms with E-state index >= 15 is 0 Å². The van der Waals surface area contributed by atoms with Gasteiger partial charge in [-0.2, -0.15) is 15.3 Å².